The molecule has 0 unspecified atom stereocenters. The van der Waals surface area contributed by atoms with Crippen LogP contribution in [0.5, 0.6) is 0 Å². The van der Waals surface area contributed by atoms with Crippen molar-refractivity contribution in [2.75, 3.05) is 18.2 Å². The Morgan fingerprint density at radius 1 is 1.38 bits per heavy atom. The molecule has 2 aromatic rings. The van der Waals surface area contributed by atoms with Crippen molar-refractivity contribution < 1.29 is 18.3 Å². The number of carbonyl (C=O) groups is 1. The number of esters is 1. The van der Waals surface area contributed by atoms with Crippen LogP contribution in [0, 0.1) is 11.6 Å². The van der Waals surface area contributed by atoms with E-state index in [9.17, 15) is 13.6 Å². The second-order valence-electron chi connectivity index (χ2n) is 4.24. The van der Waals surface area contributed by atoms with Crippen molar-refractivity contribution in [1.82, 2.24) is 4.98 Å². The monoisotopic (exact) mass is 293 g/mol. The van der Waals surface area contributed by atoms with Crippen molar-refractivity contribution in [1.29, 1.82) is 0 Å². The number of nitrogen functional groups attached to an aromatic ring is 1. The van der Waals surface area contributed by atoms with Gasteiger partial charge < -0.3 is 15.8 Å². The number of carbonyl (C=O) groups excluding carboxylic acids is 1. The number of anilines is 2. The van der Waals surface area contributed by atoms with Gasteiger partial charge in [0, 0.05) is 18.2 Å². The van der Waals surface area contributed by atoms with Gasteiger partial charge in [-0.2, -0.15) is 0 Å². The average molecular weight is 293 g/mol. The highest BCUT2D eigenvalue weighted by atomic mass is 19.1. The molecule has 0 aliphatic carbocycles. The molecule has 5 nitrogen and oxygen atoms in total. The lowest BCUT2D eigenvalue weighted by Crippen LogP contribution is -2.09. The summed E-state index contributed by atoms with van der Waals surface area (Å²) in [7, 11) is 1.24. The van der Waals surface area contributed by atoms with Crippen LogP contribution >= 0.6 is 0 Å². The number of ether oxygens (including phenoxy) is 1. The maximum absolute atomic E-state index is 13.5. The van der Waals surface area contributed by atoms with E-state index in [1.807, 2.05) is 0 Å². The average Bonchev–Trinajstić information content (AvgIpc) is 2.47. The van der Waals surface area contributed by atoms with Gasteiger partial charge in [-0.3, -0.25) is 0 Å². The molecule has 0 radical (unpaired) electrons. The molecule has 0 aliphatic heterocycles. The molecule has 3 N–H and O–H groups in total. The number of pyridine rings is 1. The predicted octanol–water partition coefficient (Wildman–Crippen LogP) is 2.34. The summed E-state index contributed by atoms with van der Waals surface area (Å²) in [6, 6.07) is 4.70. The number of rotatable bonds is 4. The molecule has 0 saturated carbocycles. The Morgan fingerprint density at radius 3 is 2.81 bits per heavy atom. The smallest absolute Gasteiger partial charge is 0.340 e. The lowest BCUT2D eigenvalue weighted by molar-refractivity contribution is 0.0602. The van der Waals surface area contributed by atoms with Gasteiger partial charge in [0.05, 0.1) is 24.6 Å². The fourth-order valence-electron chi connectivity index (χ4n) is 1.70. The van der Waals surface area contributed by atoms with Gasteiger partial charge >= 0.3 is 5.97 Å². The fraction of sp³-hybridized carbons (Fsp3) is 0.143. The Morgan fingerprint density at radius 2 is 2.14 bits per heavy atom. The Bertz CT molecular complexity index is 677. The minimum Gasteiger partial charge on any atom is -0.465 e. The molecule has 1 aromatic carbocycles. The number of halogens is 2. The minimum atomic E-state index is -0.661. The van der Waals surface area contributed by atoms with Gasteiger partial charge in [-0.15, -0.1) is 0 Å². The van der Waals surface area contributed by atoms with Crippen LogP contribution in [0.4, 0.5) is 20.3 Å². The second kappa shape index (κ2) is 6.17. The van der Waals surface area contributed by atoms with Gasteiger partial charge in [-0.05, 0) is 12.1 Å². The zero-order chi connectivity index (χ0) is 15.4. The summed E-state index contributed by atoms with van der Waals surface area (Å²) in [5, 5.41) is 2.83. The van der Waals surface area contributed by atoms with Crippen molar-refractivity contribution in [2.24, 2.45) is 0 Å². The van der Waals surface area contributed by atoms with Crippen molar-refractivity contribution in [2.45, 2.75) is 6.54 Å². The van der Waals surface area contributed by atoms with E-state index >= 15 is 0 Å². The predicted molar refractivity (Wildman–Crippen MR) is 73.7 cm³/mol. The van der Waals surface area contributed by atoms with E-state index in [2.05, 4.69) is 15.0 Å². The minimum absolute atomic E-state index is 0.0869. The lowest BCUT2D eigenvalue weighted by Gasteiger charge is -2.09. The van der Waals surface area contributed by atoms with Crippen LogP contribution in [0.3, 0.4) is 0 Å². The molecule has 0 bridgehead atoms. The second-order valence-corrected chi connectivity index (χ2v) is 4.24. The normalized spacial score (nSPS) is 10.2. The van der Waals surface area contributed by atoms with E-state index in [0.29, 0.717) is 5.82 Å². The third-order valence-electron chi connectivity index (χ3n) is 2.82. The van der Waals surface area contributed by atoms with Gasteiger partial charge in [0.2, 0.25) is 0 Å². The highest BCUT2D eigenvalue weighted by Crippen LogP contribution is 2.17. The molecule has 0 fully saturated rings. The number of hydrogen-bond donors (Lipinski definition) is 2. The molecular weight excluding hydrogens is 280 g/mol. The van der Waals surface area contributed by atoms with Crippen LogP contribution in [0.25, 0.3) is 0 Å². The number of aromatic nitrogens is 1. The van der Waals surface area contributed by atoms with Crippen molar-refractivity contribution in [3.05, 3.63) is 53.2 Å². The molecule has 110 valence electrons. The summed E-state index contributed by atoms with van der Waals surface area (Å²) in [6.07, 6.45) is 1.30. The first kappa shape index (κ1) is 14.7. The first-order valence-electron chi connectivity index (χ1n) is 6.03. The van der Waals surface area contributed by atoms with E-state index in [1.165, 1.54) is 25.4 Å². The van der Waals surface area contributed by atoms with Gasteiger partial charge in [0.25, 0.3) is 0 Å². The van der Waals surface area contributed by atoms with E-state index in [4.69, 9.17) is 5.73 Å². The van der Waals surface area contributed by atoms with Gasteiger partial charge in [0.15, 0.2) is 0 Å². The Hall–Kier alpha value is -2.70. The molecular formula is C14H13F2N3O2. The molecule has 21 heavy (non-hydrogen) atoms. The Balaban J connectivity index is 2.15. The zero-order valence-electron chi connectivity index (χ0n) is 11.2. The topological polar surface area (TPSA) is 77.2 Å². The van der Waals surface area contributed by atoms with Crippen LogP contribution in [-0.4, -0.2) is 18.1 Å². The number of benzene rings is 1. The number of nitrogens with zero attached hydrogens (tertiary/aromatic N) is 1. The molecule has 0 spiro atoms. The summed E-state index contributed by atoms with van der Waals surface area (Å²) in [5.74, 6) is -1.57. The third-order valence-corrected chi connectivity index (χ3v) is 2.82. The molecule has 0 saturated heterocycles. The standard InChI is InChI=1S/C14H13F2N3O2/c1-21-14(20)10-5-13(19-7-12(10)17)18-6-8-2-3-9(15)4-11(8)16/h2-5,7H,6,17H2,1H3,(H,18,19). The van der Waals surface area contributed by atoms with E-state index in [1.54, 1.807) is 0 Å². The summed E-state index contributed by atoms with van der Waals surface area (Å²) in [5.41, 5.74) is 6.24. The number of methoxy groups -OCH3 is 1. The summed E-state index contributed by atoms with van der Waals surface area (Å²) < 4.78 is 30.9. The maximum atomic E-state index is 13.5. The first-order chi connectivity index (χ1) is 10.0. The van der Waals surface area contributed by atoms with Crippen LogP contribution in [0.15, 0.2) is 30.5 Å². The number of hydrogen-bond acceptors (Lipinski definition) is 5. The quantitative estimate of drug-likeness (QED) is 0.846. The van der Waals surface area contributed by atoms with Crippen LogP contribution in [0.2, 0.25) is 0 Å². The summed E-state index contributed by atoms with van der Waals surface area (Å²) >= 11 is 0. The van der Waals surface area contributed by atoms with Gasteiger partial charge in [-0.1, -0.05) is 6.07 Å². The van der Waals surface area contributed by atoms with Crippen molar-refractivity contribution in [3.63, 3.8) is 0 Å². The van der Waals surface area contributed by atoms with Crippen molar-refractivity contribution in [3.8, 4) is 0 Å². The molecule has 0 aliphatic rings. The molecule has 1 heterocycles. The molecule has 7 heteroatoms. The van der Waals surface area contributed by atoms with E-state index in [-0.39, 0.29) is 23.4 Å². The van der Waals surface area contributed by atoms with Crippen molar-refractivity contribution >= 4 is 17.5 Å². The largest absolute Gasteiger partial charge is 0.465 e. The first-order valence-corrected chi connectivity index (χ1v) is 6.03. The molecule has 2 rings (SSSR count). The summed E-state index contributed by atoms with van der Waals surface area (Å²) in [4.78, 5) is 15.5. The molecule has 0 atom stereocenters. The summed E-state index contributed by atoms with van der Waals surface area (Å²) in [6.45, 7) is 0.0869. The van der Waals surface area contributed by atoms with Crippen LogP contribution in [0.1, 0.15) is 15.9 Å². The lowest BCUT2D eigenvalue weighted by atomic mass is 10.2. The van der Waals surface area contributed by atoms with Crippen LogP contribution < -0.4 is 11.1 Å². The highest BCUT2D eigenvalue weighted by molar-refractivity contribution is 5.95. The van der Waals surface area contributed by atoms with E-state index in [0.717, 1.165) is 12.1 Å². The SMILES string of the molecule is COC(=O)c1cc(NCc2ccc(F)cc2F)ncc1N. The van der Waals surface area contributed by atoms with Crippen LogP contribution in [-0.2, 0) is 11.3 Å². The third kappa shape index (κ3) is 3.44. The number of nitrogens with two attached hydrogens (primary N) is 1. The molecule has 0 amide bonds. The van der Waals surface area contributed by atoms with Gasteiger partial charge in [-0.25, -0.2) is 18.6 Å². The zero-order valence-corrected chi connectivity index (χ0v) is 11.2. The number of nitrogens with one attached hydrogen (secondary N) is 1. The van der Waals surface area contributed by atoms with Gasteiger partial charge in [0.1, 0.15) is 17.5 Å². The van der Waals surface area contributed by atoms with E-state index < -0.39 is 17.6 Å². The highest BCUT2D eigenvalue weighted by Gasteiger charge is 2.12. The maximum Gasteiger partial charge on any atom is 0.340 e. The Labute approximate surface area is 119 Å². The fourth-order valence-corrected chi connectivity index (χ4v) is 1.70. The molecule has 1 aromatic heterocycles. The Kier molecular flexibility index (Phi) is 4.32.